The average Bonchev–Trinajstić information content (AvgIpc) is 2.58. The number of benzene rings is 2. The summed E-state index contributed by atoms with van der Waals surface area (Å²) in [7, 11) is 4.85. The van der Waals surface area contributed by atoms with Crippen LogP contribution in [0.25, 0.3) is 0 Å². The molecule has 0 spiro atoms. The van der Waals surface area contributed by atoms with Crippen LogP contribution in [0.2, 0.25) is 0 Å². The molecule has 0 atom stereocenters. The van der Waals surface area contributed by atoms with Gasteiger partial charge in [-0.2, -0.15) is 0 Å². The SMILES string of the molecule is COc1cc(NCCCc2ccccc2)cc(OC)c1OC. The number of nitrogens with one attached hydrogen (secondary N) is 1. The van der Waals surface area contributed by atoms with Crippen LogP contribution in [0.4, 0.5) is 5.69 Å². The van der Waals surface area contributed by atoms with E-state index < -0.39 is 0 Å². The zero-order valence-electron chi connectivity index (χ0n) is 13.4. The summed E-state index contributed by atoms with van der Waals surface area (Å²) in [6.07, 6.45) is 2.11. The predicted octanol–water partition coefficient (Wildman–Crippen LogP) is 3.76. The molecule has 0 saturated heterocycles. The molecule has 4 nitrogen and oxygen atoms in total. The highest BCUT2D eigenvalue weighted by molar-refractivity contribution is 5.62. The maximum atomic E-state index is 5.35. The molecule has 0 fully saturated rings. The second-order valence-corrected chi connectivity index (χ2v) is 4.93. The number of aryl methyl sites for hydroxylation is 1. The zero-order chi connectivity index (χ0) is 15.8. The largest absolute Gasteiger partial charge is 0.493 e. The quantitative estimate of drug-likeness (QED) is 0.754. The Labute approximate surface area is 132 Å². The molecular formula is C18H23NO3. The molecule has 0 saturated carbocycles. The zero-order valence-corrected chi connectivity index (χ0v) is 13.4. The first kappa shape index (κ1) is 16.0. The third-order valence-electron chi connectivity index (χ3n) is 3.48. The molecule has 0 radical (unpaired) electrons. The number of methoxy groups -OCH3 is 3. The van der Waals surface area contributed by atoms with Crippen LogP contribution < -0.4 is 19.5 Å². The van der Waals surface area contributed by atoms with E-state index >= 15 is 0 Å². The van der Waals surface area contributed by atoms with E-state index in [4.69, 9.17) is 14.2 Å². The molecule has 0 bridgehead atoms. The highest BCUT2D eigenvalue weighted by Crippen LogP contribution is 2.39. The predicted molar refractivity (Wildman–Crippen MR) is 89.4 cm³/mol. The van der Waals surface area contributed by atoms with Crippen LogP contribution in [-0.4, -0.2) is 27.9 Å². The molecule has 118 valence electrons. The van der Waals surface area contributed by atoms with E-state index in [-0.39, 0.29) is 0 Å². The lowest BCUT2D eigenvalue weighted by molar-refractivity contribution is 0.324. The van der Waals surface area contributed by atoms with Crippen LogP contribution >= 0.6 is 0 Å². The fourth-order valence-corrected chi connectivity index (χ4v) is 2.35. The van der Waals surface area contributed by atoms with Crippen LogP contribution in [0, 0.1) is 0 Å². The van der Waals surface area contributed by atoms with Gasteiger partial charge in [-0.3, -0.25) is 0 Å². The van der Waals surface area contributed by atoms with Gasteiger partial charge in [0.15, 0.2) is 11.5 Å². The number of ether oxygens (including phenoxy) is 3. The summed E-state index contributed by atoms with van der Waals surface area (Å²) in [6.45, 7) is 0.882. The minimum atomic E-state index is 0.611. The van der Waals surface area contributed by atoms with Gasteiger partial charge in [-0.25, -0.2) is 0 Å². The van der Waals surface area contributed by atoms with Crippen molar-refractivity contribution in [1.82, 2.24) is 0 Å². The third-order valence-corrected chi connectivity index (χ3v) is 3.48. The standard InChI is InChI=1S/C18H23NO3/c1-20-16-12-15(13-17(21-2)18(16)22-3)19-11-7-10-14-8-5-4-6-9-14/h4-6,8-9,12-13,19H,7,10-11H2,1-3H3. The van der Waals surface area contributed by atoms with E-state index in [0.29, 0.717) is 17.2 Å². The van der Waals surface area contributed by atoms with Gasteiger partial charge in [-0.1, -0.05) is 30.3 Å². The summed E-state index contributed by atoms with van der Waals surface area (Å²) in [4.78, 5) is 0. The lowest BCUT2D eigenvalue weighted by Gasteiger charge is -2.15. The molecule has 4 heteroatoms. The summed E-state index contributed by atoms with van der Waals surface area (Å²) in [5.41, 5.74) is 2.32. The van der Waals surface area contributed by atoms with Crippen LogP contribution in [-0.2, 0) is 6.42 Å². The van der Waals surface area contributed by atoms with E-state index in [1.165, 1.54) is 5.56 Å². The van der Waals surface area contributed by atoms with Gasteiger partial charge in [-0.15, -0.1) is 0 Å². The molecule has 2 rings (SSSR count). The van der Waals surface area contributed by atoms with Gasteiger partial charge in [0, 0.05) is 24.4 Å². The Morgan fingerprint density at radius 3 is 2.05 bits per heavy atom. The molecule has 0 aromatic heterocycles. The number of anilines is 1. The topological polar surface area (TPSA) is 39.7 Å². The van der Waals surface area contributed by atoms with Crippen molar-refractivity contribution >= 4 is 5.69 Å². The van der Waals surface area contributed by atoms with Crippen molar-refractivity contribution in [2.75, 3.05) is 33.2 Å². The maximum absolute atomic E-state index is 5.35. The smallest absolute Gasteiger partial charge is 0.203 e. The van der Waals surface area contributed by atoms with Crippen LogP contribution in [0.3, 0.4) is 0 Å². The van der Waals surface area contributed by atoms with Crippen molar-refractivity contribution in [3.63, 3.8) is 0 Å². The summed E-state index contributed by atoms with van der Waals surface area (Å²) in [6, 6.07) is 14.3. The van der Waals surface area contributed by atoms with Gasteiger partial charge in [-0.05, 0) is 18.4 Å². The second kappa shape index (κ2) is 8.17. The van der Waals surface area contributed by atoms with Crippen molar-refractivity contribution in [3.05, 3.63) is 48.0 Å². The molecule has 0 heterocycles. The van der Waals surface area contributed by atoms with Crippen LogP contribution in [0.1, 0.15) is 12.0 Å². The van der Waals surface area contributed by atoms with E-state index in [2.05, 4.69) is 29.6 Å². The molecule has 2 aromatic carbocycles. The molecule has 0 aliphatic rings. The van der Waals surface area contributed by atoms with Crippen LogP contribution in [0.5, 0.6) is 17.2 Å². The summed E-state index contributed by atoms with van der Waals surface area (Å²) in [5, 5.41) is 3.40. The van der Waals surface area contributed by atoms with Crippen molar-refractivity contribution < 1.29 is 14.2 Å². The Bertz CT molecular complexity index is 559. The van der Waals surface area contributed by atoms with E-state index in [9.17, 15) is 0 Å². The minimum absolute atomic E-state index is 0.611. The van der Waals surface area contributed by atoms with Gasteiger partial charge < -0.3 is 19.5 Å². The fraction of sp³-hybridized carbons (Fsp3) is 0.333. The van der Waals surface area contributed by atoms with Crippen molar-refractivity contribution in [1.29, 1.82) is 0 Å². The van der Waals surface area contributed by atoms with Crippen LogP contribution in [0.15, 0.2) is 42.5 Å². The van der Waals surface area contributed by atoms with Crippen molar-refractivity contribution in [3.8, 4) is 17.2 Å². The molecule has 2 aromatic rings. The Kier molecular flexibility index (Phi) is 5.95. The van der Waals surface area contributed by atoms with Gasteiger partial charge in [0.1, 0.15) is 0 Å². The first-order chi connectivity index (χ1) is 10.8. The summed E-state index contributed by atoms with van der Waals surface area (Å²) < 4.78 is 16.0. The van der Waals surface area contributed by atoms with E-state index in [1.54, 1.807) is 21.3 Å². The summed E-state index contributed by atoms with van der Waals surface area (Å²) >= 11 is 0. The summed E-state index contributed by atoms with van der Waals surface area (Å²) in [5.74, 6) is 1.93. The minimum Gasteiger partial charge on any atom is -0.493 e. The molecular weight excluding hydrogens is 278 g/mol. The fourth-order valence-electron chi connectivity index (χ4n) is 2.35. The number of hydrogen-bond donors (Lipinski definition) is 1. The van der Waals surface area contributed by atoms with E-state index in [1.807, 2.05) is 18.2 Å². The van der Waals surface area contributed by atoms with Gasteiger partial charge in [0.2, 0.25) is 5.75 Å². The Hall–Kier alpha value is -2.36. The highest BCUT2D eigenvalue weighted by Gasteiger charge is 2.12. The third kappa shape index (κ3) is 4.07. The normalized spacial score (nSPS) is 10.1. The van der Waals surface area contributed by atoms with Crippen molar-refractivity contribution in [2.24, 2.45) is 0 Å². The highest BCUT2D eigenvalue weighted by atomic mass is 16.5. The maximum Gasteiger partial charge on any atom is 0.203 e. The molecule has 1 N–H and O–H groups in total. The number of rotatable bonds is 8. The average molecular weight is 301 g/mol. The lowest BCUT2D eigenvalue weighted by Crippen LogP contribution is -2.04. The first-order valence-corrected chi connectivity index (χ1v) is 7.36. The number of hydrogen-bond acceptors (Lipinski definition) is 4. The molecule has 0 aliphatic carbocycles. The van der Waals surface area contributed by atoms with Gasteiger partial charge in [0.05, 0.1) is 21.3 Å². The lowest BCUT2D eigenvalue weighted by atomic mass is 10.1. The van der Waals surface area contributed by atoms with E-state index in [0.717, 1.165) is 25.1 Å². The monoisotopic (exact) mass is 301 g/mol. The Balaban J connectivity index is 1.95. The first-order valence-electron chi connectivity index (χ1n) is 7.36. The van der Waals surface area contributed by atoms with Gasteiger partial charge >= 0.3 is 0 Å². The second-order valence-electron chi connectivity index (χ2n) is 4.93. The molecule has 0 aliphatic heterocycles. The Morgan fingerprint density at radius 2 is 1.50 bits per heavy atom. The molecule has 0 amide bonds. The molecule has 22 heavy (non-hydrogen) atoms. The van der Waals surface area contributed by atoms with Crippen molar-refractivity contribution in [2.45, 2.75) is 12.8 Å². The van der Waals surface area contributed by atoms with Gasteiger partial charge in [0.25, 0.3) is 0 Å². The molecule has 0 unspecified atom stereocenters. The Morgan fingerprint density at radius 1 is 0.864 bits per heavy atom.